The zero-order chi connectivity index (χ0) is 14.7. The number of aromatic nitrogens is 3. The topological polar surface area (TPSA) is 66.0 Å². The lowest BCUT2D eigenvalue weighted by Gasteiger charge is -2.35. The molecule has 0 saturated heterocycles. The van der Waals surface area contributed by atoms with Gasteiger partial charge in [-0.15, -0.1) is 0 Å². The van der Waals surface area contributed by atoms with Gasteiger partial charge in [-0.2, -0.15) is 5.10 Å². The van der Waals surface area contributed by atoms with Crippen LogP contribution in [0.4, 0.5) is 0 Å². The van der Waals surface area contributed by atoms with Crippen molar-refractivity contribution in [1.82, 2.24) is 14.8 Å². The summed E-state index contributed by atoms with van der Waals surface area (Å²) in [6, 6.07) is 4.43. The van der Waals surface area contributed by atoms with Crippen molar-refractivity contribution in [3.63, 3.8) is 0 Å². The zero-order valence-electron chi connectivity index (χ0n) is 12.4. The number of ether oxygens (including phenoxy) is 1. The van der Waals surface area contributed by atoms with Crippen molar-refractivity contribution in [2.45, 2.75) is 31.7 Å². The maximum atomic E-state index is 5.56. The van der Waals surface area contributed by atoms with Crippen LogP contribution in [0.5, 0.6) is 5.75 Å². The third-order valence-corrected chi connectivity index (χ3v) is 4.27. The molecule has 0 bridgehead atoms. The summed E-state index contributed by atoms with van der Waals surface area (Å²) in [5.41, 5.74) is 7.55. The van der Waals surface area contributed by atoms with E-state index in [0.29, 0.717) is 6.04 Å². The van der Waals surface area contributed by atoms with Gasteiger partial charge in [0, 0.05) is 11.8 Å². The summed E-state index contributed by atoms with van der Waals surface area (Å²) in [6.07, 6.45) is 10.5. The first-order chi connectivity index (χ1) is 10.3. The van der Waals surface area contributed by atoms with Gasteiger partial charge in [0.25, 0.3) is 0 Å². The van der Waals surface area contributed by atoms with Crippen molar-refractivity contribution in [2.24, 2.45) is 11.7 Å². The second-order valence-corrected chi connectivity index (χ2v) is 5.71. The van der Waals surface area contributed by atoms with E-state index in [-0.39, 0.29) is 0 Å². The Kier molecular flexibility index (Phi) is 4.20. The number of hydrogen-bond acceptors (Lipinski definition) is 4. The van der Waals surface area contributed by atoms with Crippen LogP contribution in [-0.2, 0) is 0 Å². The Bertz CT molecular complexity index is 572. The van der Waals surface area contributed by atoms with Gasteiger partial charge < -0.3 is 10.5 Å². The standard InChI is InChI=1S/C16H22N4O/c1-21-15-4-5-16(18-10-15)13-9-19-20(11-13)14-7-12(8-14)3-2-6-17/h4-5,9-12,14H,2-3,6-8,17H2,1H3. The summed E-state index contributed by atoms with van der Waals surface area (Å²) < 4.78 is 7.21. The average Bonchev–Trinajstić information content (AvgIpc) is 2.95. The summed E-state index contributed by atoms with van der Waals surface area (Å²) >= 11 is 0. The summed E-state index contributed by atoms with van der Waals surface area (Å²) in [4.78, 5) is 4.40. The maximum Gasteiger partial charge on any atom is 0.137 e. The first-order valence-electron chi connectivity index (χ1n) is 7.54. The van der Waals surface area contributed by atoms with Crippen molar-refractivity contribution in [2.75, 3.05) is 13.7 Å². The van der Waals surface area contributed by atoms with Crippen LogP contribution >= 0.6 is 0 Å². The lowest BCUT2D eigenvalue weighted by Crippen LogP contribution is -2.27. The van der Waals surface area contributed by atoms with Gasteiger partial charge in [0.15, 0.2) is 0 Å². The Morgan fingerprint density at radius 2 is 2.19 bits per heavy atom. The summed E-state index contributed by atoms with van der Waals surface area (Å²) in [6.45, 7) is 0.802. The van der Waals surface area contributed by atoms with E-state index in [2.05, 4.69) is 21.0 Å². The minimum atomic E-state index is 0.541. The van der Waals surface area contributed by atoms with Crippen LogP contribution in [0.1, 0.15) is 31.7 Å². The highest BCUT2D eigenvalue weighted by atomic mass is 16.5. The van der Waals surface area contributed by atoms with Crippen molar-refractivity contribution in [1.29, 1.82) is 0 Å². The molecular weight excluding hydrogens is 264 g/mol. The van der Waals surface area contributed by atoms with E-state index in [1.54, 1.807) is 13.3 Å². The van der Waals surface area contributed by atoms with Gasteiger partial charge in [0.2, 0.25) is 0 Å². The molecule has 0 aliphatic heterocycles. The molecule has 1 fully saturated rings. The van der Waals surface area contributed by atoms with Crippen molar-refractivity contribution >= 4 is 0 Å². The van der Waals surface area contributed by atoms with Crippen LogP contribution in [0.3, 0.4) is 0 Å². The molecule has 5 heteroatoms. The molecule has 0 spiro atoms. The molecule has 1 aliphatic carbocycles. The summed E-state index contributed by atoms with van der Waals surface area (Å²) in [7, 11) is 1.65. The molecule has 0 atom stereocenters. The van der Waals surface area contributed by atoms with E-state index in [0.717, 1.165) is 35.9 Å². The Labute approximate surface area is 125 Å². The van der Waals surface area contributed by atoms with Gasteiger partial charge in [0.1, 0.15) is 5.75 Å². The van der Waals surface area contributed by atoms with Crippen molar-refractivity contribution in [3.8, 4) is 17.0 Å². The molecule has 112 valence electrons. The minimum absolute atomic E-state index is 0.541. The first kappa shape index (κ1) is 14.1. The van der Waals surface area contributed by atoms with Gasteiger partial charge in [-0.1, -0.05) is 0 Å². The van der Waals surface area contributed by atoms with Crippen LogP contribution in [0, 0.1) is 5.92 Å². The van der Waals surface area contributed by atoms with E-state index in [9.17, 15) is 0 Å². The SMILES string of the molecule is COc1ccc(-c2cnn(C3CC(CCCN)C3)c2)nc1. The fraction of sp³-hybridized carbons (Fsp3) is 0.500. The van der Waals surface area contributed by atoms with E-state index >= 15 is 0 Å². The Morgan fingerprint density at radius 3 is 2.86 bits per heavy atom. The van der Waals surface area contributed by atoms with E-state index < -0.39 is 0 Å². The quantitative estimate of drug-likeness (QED) is 0.886. The Morgan fingerprint density at radius 1 is 1.33 bits per heavy atom. The normalized spacial score (nSPS) is 21.0. The second kappa shape index (κ2) is 6.26. The smallest absolute Gasteiger partial charge is 0.137 e. The van der Waals surface area contributed by atoms with Crippen molar-refractivity contribution in [3.05, 3.63) is 30.7 Å². The Balaban J connectivity index is 1.61. The number of rotatable bonds is 6. The molecule has 0 radical (unpaired) electrons. The lowest BCUT2D eigenvalue weighted by atomic mass is 9.77. The van der Waals surface area contributed by atoms with Gasteiger partial charge in [-0.25, -0.2) is 0 Å². The van der Waals surface area contributed by atoms with Crippen LogP contribution in [0.2, 0.25) is 0 Å². The highest BCUT2D eigenvalue weighted by Crippen LogP contribution is 2.40. The third-order valence-electron chi connectivity index (χ3n) is 4.27. The number of hydrogen-bond donors (Lipinski definition) is 1. The fourth-order valence-electron chi connectivity index (χ4n) is 2.90. The van der Waals surface area contributed by atoms with E-state index in [4.69, 9.17) is 10.5 Å². The molecule has 0 aromatic carbocycles. The predicted molar refractivity (Wildman–Crippen MR) is 82.1 cm³/mol. The summed E-state index contributed by atoms with van der Waals surface area (Å²) in [5.74, 6) is 1.60. The van der Waals surface area contributed by atoms with Crippen LogP contribution in [0.25, 0.3) is 11.3 Å². The van der Waals surface area contributed by atoms with Gasteiger partial charge in [0.05, 0.1) is 31.2 Å². The zero-order valence-corrected chi connectivity index (χ0v) is 12.4. The van der Waals surface area contributed by atoms with E-state index in [1.807, 2.05) is 18.3 Å². The molecule has 3 rings (SSSR count). The molecule has 0 unspecified atom stereocenters. The van der Waals surface area contributed by atoms with Gasteiger partial charge in [-0.3, -0.25) is 9.67 Å². The second-order valence-electron chi connectivity index (χ2n) is 5.71. The molecule has 2 heterocycles. The third kappa shape index (κ3) is 3.08. The van der Waals surface area contributed by atoms with E-state index in [1.165, 1.54) is 19.3 Å². The molecule has 1 aliphatic rings. The lowest BCUT2D eigenvalue weighted by molar-refractivity contribution is 0.171. The molecule has 2 aromatic rings. The molecular formula is C16H22N4O. The monoisotopic (exact) mass is 286 g/mol. The molecule has 1 saturated carbocycles. The van der Waals surface area contributed by atoms with Crippen molar-refractivity contribution < 1.29 is 4.74 Å². The molecule has 5 nitrogen and oxygen atoms in total. The van der Waals surface area contributed by atoms with Crippen LogP contribution in [0.15, 0.2) is 30.7 Å². The molecule has 21 heavy (non-hydrogen) atoms. The maximum absolute atomic E-state index is 5.56. The Hall–Kier alpha value is -1.88. The number of pyridine rings is 1. The largest absolute Gasteiger partial charge is 0.495 e. The number of methoxy groups -OCH3 is 1. The highest BCUT2D eigenvalue weighted by molar-refractivity contribution is 5.57. The summed E-state index contributed by atoms with van der Waals surface area (Å²) in [5, 5.41) is 4.49. The fourth-order valence-corrected chi connectivity index (χ4v) is 2.90. The van der Waals surface area contributed by atoms with Gasteiger partial charge >= 0.3 is 0 Å². The minimum Gasteiger partial charge on any atom is -0.495 e. The predicted octanol–water partition coefficient (Wildman–Crippen LogP) is 2.64. The molecule has 0 amide bonds. The molecule has 2 aromatic heterocycles. The van der Waals surface area contributed by atoms with Gasteiger partial charge in [-0.05, 0) is 50.3 Å². The molecule has 2 N–H and O–H groups in total. The number of nitrogens with two attached hydrogens (primary N) is 1. The van der Waals surface area contributed by atoms with Crippen LogP contribution < -0.4 is 10.5 Å². The first-order valence-corrected chi connectivity index (χ1v) is 7.54. The average molecular weight is 286 g/mol. The highest BCUT2D eigenvalue weighted by Gasteiger charge is 2.30. The number of nitrogens with zero attached hydrogens (tertiary/aromatic N) is 3. The van der Waals surface area contributed by atoms with Crippen LogP contribution in [-0.4, -0.2) is 28.4 Å².